The summed E-state index contributed by atoms with van der Waals surface area (Å²) >= 11 is 0. The molecule has 2 fully saturated rings. The van der Waals surface area contributed by atoms with Gasteiger partial charge < -0.3 is 16.0 Å². The van der Waals surface area contributed by atoms with Crippen LogP contribution in [0, 0.1) is 5.92 Å². The van der Waals surface area contributed by atoms with Gasteiger partial charge >= 0.3 is 0 Å². The Kier molecular flexibility index (Phi) is 5.19. The van der Waals surface area contributed by atoms with Gasteiger partial charge in [-0.1, -0.05) is 0 Å². The van der Waals surface area contributed by atoms with Crippen LogP contribution in [0.25, 0.3) is 0 Å². The lowest BCUT2D eigenvalue weighted by molar-refractivity contribution is -0.132. The summed E-state index contributed by atoms with van der Waals surface area (Å²) in [7, 11) is 0. The molecule has 2 amide bonds. The summed E-state index contributed by atoms with van der Waals surface area (Å²) in [6.07, 6.45) is 6.82. The molecule has 2 aliphatic rings. The maximum atomic E-state index is 11.8. The third-order valence-electron chi connectivity index (χ3n) is 4.26. The Hall–Kier alpha value is -1.10. The van der Waals surface area contributed by atoms with E-state index in [1.807, 2.05) is 4.90 Å². The van der Waals surface area contributed by atoms with E-state index in [0.29, 0.717) is 18.4 Å². The zero-order chi connectivity index (χ0) is 13.7. The van der Waals surface area contributed by atoms with Crippen LogP contribution >= 0.6 is 0 Å². The van der Waals surface area contributed by atoms with Crippen molar-refractivity contribution in [3.05, 3.63) is 0 Å². The van der Waals surface area contributed by atoms with E-state index in [9.17, 15) is 9.59 Å². The van der Waals surface area contributed by atoms with Gasteiger partial charge in [-0.05, 0) is 44.4 Å². The maximum absolute atomic E-state index is 11.8. The van der Waals surface area contributed by atoms with Gasteiger partial charge in [0.25, 0.3) is 0 Å². The quantitative estimate of drug-likeness (QED) is 0.784. The van der Waals surface area contributed by atoms with Crippen molar-refractivity contribution in [2.24, 2.45) is 11.7 Å². The molecule has 5 nitrogen and oxygen atoms in total. The average molecular weight is 267 g/mol. The average Bonchev–Trinajstić information content (AvgIpc) is 2.93. The number of carbonyl (C=O) groups is 2. The number of rotatable bonds is 4. The molecule has 19 heavy (non-hydrogen) atoms. The monoisotopic (exact) mass is 267 g/mol. The second-order valence-corrected chi connectivity index (χ2v) is 5.85. The fourth-order valence-corrected chi connectivity index (χ4v) is 2.98. The van der Waals surface area contributed by atoms with Gasteiger partial charge in [0.1, 0.15) is 0 Å². The number of carbonyl (C=O) groups excluding carboxylic acids is 2. The predicted octanol–water partition coefficient (Wildman–Crippen LogP) is 0.633. The molecule has 1 saturated heterocycles. The fraction of sp³-hybridized carbons (Fsp3) is 0.857. The van der Waals surface area contributed by atoms with Crippen molar-refractivity contribution in [2.75, 3.05) is 19.6 Å². The van der Waals surface area contributed by atoms with Gasteiger partial charge in [-0.15, -0.1) is 0 Å². The Bertz CT molecular complexity index is 319. The fourth-order valence-electron chi connectivity index (χ4n) is 2.98. The smallest absolute Gasteiger partial charge is 0.241 e. The molecule has 1 heterocycles. The van der Waals surface area contributed by atoms with Crippen LogP contribution < -0.4 is 11.1 Å². The van der Waals surface area contributed by atoms with Gasteiger partial charge in [-0.3, -0.25) is 9.59 Å². The van der Waals surface area contributed by atoms with Crippen molar-refractivity contribution < 1.29 is 9.59 Å². The topological polar surface area (TPSA) is 75.4 Å². The summed E-state index contributed by atoms with van der Waals surface area (Å²) in [4.78, 5) is 25.4. The molecule has 5 heteroatoms. The standard InChI is InChI=1S/C14H25N3O2/c15-12-5-3-11(4-6-12)9-13(18)16-10-14(19)17-7-1-2-8-17/h11-12H,1-10,15H2,(H,16,18). The van der Waals surface area contributed by atoms with Gasteiger partial charge in [0.2, 0.25) is 11.8 Å². The lowest BCUT2D eigenvalue weighted by Gasteiger charge is -2.25. The van der Waals surface area contributed by atoms with E-state index in [4.69, 9.17) is 5.73 Å². The highest BCUT2D eigenvalue weighted by Crippen LogP contribution is 2.25. The van der Waals surface area contributed by atoms with Gasteiger partial charge in [0, 0.05) is 25.6 Å². The normalized spacial score (nSPS) is 27.3. The Morgan fingerprint density at radius 3 is 2.37 bits per heavy atom. The Morgan fingerprint density at radius 2 is 1.74 bits per heavy atom. The van der Waals surface area contributed by atoms with E-state index in [-0.39, 0.29) is 18.4 Å². The van der Waals surface area contributed by atoms with Crippen molar-refractivity contribution >= 4 is 11.8 Å². The van der Waals surface area contributed by atoms with Crippen molar-refractivity contribution in [3.8, 4) is 0 Å². The molecular formula is C14H25N3O2. The first-order chi connectivity index (χ1) is 9.15. The van der Waals surface area contributed by atoms with E-state index < -0.39 is 0 Å². The lowest BCUT2D eigenvalue weighted by atomic mass is 9.84. The molecule has 1 aliphatic heterocycles. The molecule has 108 valence electrons. The zero-order valence-corrected chi connectivity index (χ0v) is 11.6. The molecule has 0 unspecified atom stereocenters. The van der Waals surface area contributed by atoms with Crippen molar-refractivity contribution in [3.63, 3.8) is 0 Å². The Balaban J connectivity index is 1.62. The molecule has 0 bridgehead atoms. The van der Waals surface area contributed by atoms with Crippen LogP contribution in [0.1, 0.15) is 44.9 Å². The molecule has 0 radical (unpaired) electrons. The molecule has 0 aromatic rings. The molecule has 0 aromatic heterocycles. The van der Waals surface area contributed by atoms with Gasteiger partial charge in [0.05, 0.1) is 6.54 Å². The van der Waals surface area contributed by atoms with Crippen LogP contribution in [-0.4, -0.2) is 42.4 Å². The van der Waals surface area contributed by atoms with Crippen molar-refractivity contribution in [1.82, 2.24) is 10.2 Å². The van der Waals surface area contributed by atoms with E-state index in [1.165, 1.54) is 0 Å². The number of hydrogen-bond acceptors (Lipinski definition) is 3. The molecule has 0 spiro atoms. The predicted molar refractivity (Wildman–Crippen MR) is 73.4 cm³/mol. The van der Waals surface area contributed by atoms with E-state index in [1.54, 1.807) is 0 Å². The minimum Gasteiger partial charge on any atom is -0.347 e. The summed E-state index contributed by atoms with van der Waals surface area (Å²) < 4.78 is 0. The summed E-state index contributed by atoms with van der Waals surface area (Å²) in [6.45, 7) is 1.84. The van der Waals surface area contributed by atoms with Crippen LogP contribution in [0.3, 0.4) is 0 Å². The van der Waals surface area contributed by atoms with Crippen molar-refractivity contribution in [1.29, 1.82) is 0 Å². The third kappa shape index (κ3) is 4.49. The van der Waals surface area contributed by atoms with Gasteiger partial charge in [0.15, 0.2) is 0 Å². The maximum Gasteiger partial charge on any atom is 0.241 e. The second kappa shape index (κ2) is 6.89. The van der Waals surface area contributed by atoms with E-state index in [2.05, 4.69) is 5.32 Å². The molecule has 2 rings (SSSR count). The van der Waals surface area contributed by atoms with Crippen LogP contribution in [0.5, 0.6) is 0 Å². The minimum atomic E-state index is 0.00742. The summed E-state index contributed by atoms with van der Waals surface area (Å²) in [5.74, 6) is 0.506. The molecule has 0 aromatic carbocycles. The molecule has 3 N–H and O–H groups in total. The molecule has 0 atom stereocenters. The largest absolute Gasteiger partial charge is 0.347 e. The van der Waals surface area contributed by atoms with Gasteiger partial charge in [-0.2, -0.15) is 0 Å². The number of nitrogens with one attached hydrogen (secondary N) is 1. The zero-order valence-electron chi connectivity index (χ0n) is 11.6. The van der Waals surface area contributed by atoms with Crippen LogP contribution in [0.4, 0.5) is 0 Å². The van der Waals surface area contributed by atoms with Crippen LogP contribution in [0.2, 0.25) is 0 Å². The molecular weight excluding hydrogens is 242 g/mol. The van der Waals surface area contributed by atoms with Crippen LogP contribution in [-0.2, 0) is 9.59 Å². The number of nitrogens with zero attached hydrogens (tertiary/aromatic N) is 1. The first-order valence-electron chi connectivity index (χ1n) is 7.45. The summed E-state index contributed by atoms with van der Waals surface area (Å²) in [6, 6.07) is 0.316. The molecule has 1 aliphatic carbocycles. The van der Waals surface area contributed by atoms with Gasteiger partial charge in [-0.25, -0.2) is 0 Å². The highest BCUT2D eigenvalue weighted by molar-refractivity contribution is 5.84. The first kappa shape index (κ1) is 14.3. The van der Waals surface area contributed by atoms with E-state index in [0.717, 1.165) is 51.6 Å². The van der Waals surface area contributed by atoms with Crippen molar-refractivity contribution in [2.45, 2.75) is 51.0 Å². The van der Waals surface area contributed by atoms with E-state index >= 15 is 0 Å². The third-order valence-corrected chi connectivity index (χ3v) is 4.26. The SMILES string of the molecule is NC1CCC(CC(=O)NCC(=O)N2CCCC2)CC1. The second-order valence-electron chi connectivity index (χ2n) is 5.85. The van der Waals surface area contributed by atoms with Crippen LogP contribution in [0.15, 0.2) is 0 Å². The number of hydrogen-bond donors (Lipinski definition) is 2. The first-order valence-corrected chi connectivity index (χ1v) is 7.45. The lowest BCUT2D eigenvalue weighted by Crippen LogP contribution is -2.39. The number of nitrogens with two attached hydrogens (primary N) is 1. The summed E-state index contributed by atoms with van der Waals surface area (Å²) in [5.41, 5.74) is 5.85. The number of amides is 2. The number of likely N-dealkylation sites (tertiary alicyclic amines) is 1. The Morgan fingerprint density at radius 1 is 1.11 bits per heavy atom. The molecule has 1 saturated carbocycles. The summed E-state index contributed by atoms with van der Waals surface area (Å²) in [5, 5.41) is 2.76. The highest BCUT2D eigenvalue weighted by atomic mass is 16.2. The highest BCUT2D eigenvalue weighted by Gasteiger charge is 2.22. The minimum absolute atomic E-state index is 0.00742. The Labute approximate surface area is 114 Å².